The molecule has 1 aromatic heterocycles. The van der Waals surface area contributed by atoms with E-state index in [9.17, 15) is 4.79 Å². The van der Waals surface area contributed by atoms with Crippen molar-refractivity contribution in [2.75, 3.05) is 0 Å². The van der Waals surface area contributed by atoms with Gasteiger partial charge in [-0.15, -0.1) is 11.3 Å². The van der Waals surface area contributed by atoms with Gasteiger partial charge in [-0.3, -0.25) is 4.79 Å². The predicted octanol–water partition coefficient (Wildman–Crippen LogP) is 3.40. The van der Waals surface area contributed by atoms with E-state index in [4.69, 9.17) is 5.73 Å². The highest BCUT2D eigenvalue weighted by Gasteiger charge is 2.14. The minimum absolute atomic E-state index is 0.0764. The summed E-state index contributed by atoms with van der Waals surface area (Å²) in [5.41, 5.74) is 9.19. The standard InChI is InChI=1S/C14H18N2OS/c1-8(2)13(9(3)4)12-7-16-14(18-12)11(6-15)10(5)17/h6-7H,1,15H2,2-5H3. The van der Waals surface area contributed by atoms with Crippen molar-refractivity contribution in [2.45, 2.75) is 27.7 Å². The fraction of sp³-hybridized carbons (Fsp3) is 0.286. The first kappa shape index (κ1) is 14.4. The number of rotatable bonds is 4. The number of Topliss-reactive ketones (excluding diaryl/α,β-unsaturated/α-hetero) is 1. The first-order chi connectivity index (χ1) is 8.38. The van der Waals surface area contributed by atoms with Crippen molar-refractivity contribution in [3.8, 4) is 0 Å². The molecule has 0 atom stereocenters. The second kappa shape index (κ2) is 5.78. The van der Waals surface area contributed by atoms with Gasteiger partial charge < -0.3 is 5.73 Å². The zero-order chi connectivity index (χ0) is 13.9. The van der Waals surface area contributed by atoms with Gasteiger partial charge in [-0.25, -0.2) is 4.98 Å². The SMILES string of the molecule is C=C(C)C(=C(C)C)c1cnc(C(=CN)C(C)=O)s1. The van der Waals surface area contributed by atoms with Crippen LogP contribution < -0.4 is 5.73 Å². The Hall–Kier alpha value is -1.68. The topological polar surface area (TPSA) is 56.0 Å². The molecule has 18 heavy (non-hydrogen) atoms. The first-order valence-electron chi connectivity index (χ1n) is 5.61. The number of nitrogens with zero attached hydrogens (tertiary/aromatic N) is 1. The Morgan fingerprint density at radius 2 is 2.00 bits per heavy atom. The van der Waals surface area contributed by atoms with Crippen LogP contribution in [0.25, 0.3) is 11.1 Å². The molecule has 0 aliphatic heterocycles. The second-order valence-corrected chi connectivity index (χ2v) is 5.35. The van der Waals surface area contributed by atoms with Crippen LogP contribution >= 0.6 is 11.3 Å². The van der Waals surface area contributed by atoms with Crippen LogP contribution in [-0.2, 0) is 4.79 Å². The van der Waals surface area contributed by atoms with Crippen molar-refractivity contribution in [1.29, 1.82) is 0 Å². The Morgan fingerprint density at radius 1 is 1.39 bits per heavy atom. The Morgan fingerprint density at radius 3 is 2.39 bits per heavy atom. The normalized spacial score (nSPS) is 11.2. The summed E-state index contributed by atoms with van der Waals surface area (Å²) in [7, 11) is 0. The van der Waals surface area contributed by atoms with E-state index in [0.29, 0.717) is 10.6 Å². The van der Waals surface area contributed by atoms with Gasteiger partial charge in [-0.1, -0.05) is 12.2 Å². The van der Waals surface area contributed by atoms with Crippen LogP contribution in [0.2, 0.25) is 0 Å². The summed E-state index contributed by atoms with van der Waals surface area (Å²) in [6.07, 6.45) is 3.08. The number of ketones is 1. The third-order valence-corrected chi connectivity index (χ3v) is 3.50. The van der Waals surface area contributed by atoms with Crippen LogP contribution in [0, 0.1) is 0 Å². The van der Waals surface area contributed by atoms with E-state index < -0.39 is 0 Å². The molecule has 0 aliphatic carbocycles. The lowest BCUT2D eigenvalue weighted by Crippen LogP contribution is -1.98. The Balaban J connectivity index is 3.26. The smallest absolute Gasteiger partial charge is 0.164 e. The summed E-state index contributed by atoms with van der Waals surface area (Å²) in [4.78, 5) is 16.7. The maximum absolute atomic E-state index is 11.4. The predicted molar refractivity (Wildman–Crippen MR) is 78.0 cm³/mol. The number of hydrogen-bond donors (Lipinski definition) is 1. The third kappa shape index (κ3) is 2.96. The van der Waals surface area contributed by atoms with Gasteiger partial charge in [0.15, 0.2) is 5.78 Å². The molecular weight excluding hydrogens is 244 g/mol. The summed E-state index contributed by atoms with van der Waals surface area (Å²) < 4.78 is 0. The van der Waals surface area contributed by atoms with Gasteiger partial charge in [-0.2, -0.15) is 0 Å². The first-order valence-corrected chi connectivity index (χ1v) is 6.42. The highest BCUT2D eigenvalue weighted by atomic mass is 32.1. The zero-order valence-electron chi connectivity index (χ0n) is 11.2. The highest BCUT2D eigenvalue weighted by molar-refractivity contribution is 7.14. The number of hydrogen-bond acceptors (Lipinski definition) is 4. The number of allylic oxidation sites excluding steroid dienone is 4. The quantitative estimate of drug-likeness (QED) is 0.668. The third-order valence-electron chi connectivity index (χ3n) is 2.46. The summed E-state index contributed by atoms with van der Waals surface area (Å²) in [5.74, 6) is -0.0764. The summed E-state index contributed by atoms with van der Waals surface area (Å²) >= 11 is 1.46. The minimum atomic E-state index is -0.0764. The number of nitrogens with two attached hydrogens (primary N) is 1. The molecule has 0 aliphatic rings. The van der Waals surface area contributed by atoms with Crippen molar-refractivity contribution < 1.29 is 4.79 Å². The molecule has 1 aromatic rings. The number of carbonyl (C=O) groups is 1. The van der Waals surface area contributed by atoms with Gasteiger partial charge in [-0.05, 0) is 38.8 Å². The summed E-state index contributed by atoms with van der Waals surface area (Å²) in [6, 6.07) is 0. The Labute approximate surface area is 112 Å². The maximum atomic E-state index is 11.4. The lowest BCUT2D eigenvalue weighted by Gasteiger charge is -2.06. The molecular formula is C14H18N2OS. The van der Waals surface area contributed by atoms with Crippen LogP contribution in [-0.4, -0.2) is 10.8 Å². The molecule has 1 heterocycles. The zero-order valence-corrected chi connectivity index (χ0v) is 12.0. The highest BCUT2D eigenvalue weighted by Crippen LogP contribution is 2.32. The maximum Gasteiger partial charge on any atom is 0.164 e. The lowest BCUT2D eigenvalue weighted by molar-refractivity contribution is -0.111. The number of aromatic nitrogens is 1. The van der Waals surface area contributed by atoms with Crippen molar-refractivity contribution in [3.05, 3.63) is 40.0 Å². The summed E-state index contributed by atoms with van der Waals surface area (Å²) in [5, 5.41) is 0.653. The largest absolute Gasteiger partial charge is 0.404 e. The molecule has 0 aromatic carbocycles. The van der Waals surface area contributed by atoms with Crippen LogP contribution in [0.5, 0.6) is 0 Å². The average Bonchev–Trinajstić information content (AvgIpc) is 2.66. The van der Waals surface area contributed by atoms with E-state index in [1.807, 2.05) is 20.8 Å². The van der Waals surface area contributed by atoms with Gasteiger partial charge in [0.05, 0.1) is 10.5 Å². The monoisotopic (exact) mass is 262 g/mol. The van der Waals surface area contributed by atoms with E-state index in [1.54, 1.807) is 6.20 Å². The molecule has 4 heteroatoms. The van der Waals surface area contributed by atoms with Crippen LogP contribution in [0.3, 0.4) is 0 Å². The lowest BCUT2D eigenvalue weighted by atomic mass is 10.0. The van der Waals surface area contributed by atoms with Crippen LogP contribution in [0.4, 0.5) is 0 Å². The molecule has 0 spiro atoms. The van der Waals surface area contributed by atoms with Crippen molar-refractivity contribution in [2.24, 2.45) is 5.73 Å². The van der Waals surface area contributed by atoms with Gasteiger partial charge in [0.2, 0.25) is 0 Å². The van der Waals surface area contributed by atoms with Gasteiger partial charge >= 0.3 is 0 Å². The molecule has 0 saturated carbocycles. The van der Waals surface area contributed by atoms with Gasteiger partial charge in [0.25, 0.3) is 0 Å². The average molecular weight is 262 g/mol. The van der Waals surface area contributed by atoms with E-state index in [0.717, 1.165) is 16.0 Å². The number of carbonyl (C=O) groups excluding carboxylic acids is 1. The molecule has 96 valence electrons. The fourth-order valence-electron chi connectivity index (χ4n) is 1.74. The van der Waals surface area contributed by atoms with E-state index in [-0.39, 0.29) is 5.78 Å². The molecule has 1 rings (SSSR count). The molecule has 0 amide bonds. The van der Waals surface area contributed by atoms with Crippen molar-refractivity contribution in [1.82, 2.24) is 4.98 Å². The van der Waals surface area contributed by atoms with E-state index >= 15 is 0 Å². The molecule has 0 radical (unpaired) electrons. The molecule has 3 nitrogen and oxygen atoms in total. The Bertz CT molecular complexity index is 546. The minimum Gasteiger partial charge on any atom is -0.404 e. The molecule has 0 unspecified atom stereocenters. The summed E-state index contributed by atoms with van der Waals surface area (Å²) in [6.45, 7) is 11.5. The molecule has 0 bridgehead atoms. The molecule has 0 saturated heterocycles. The van der Waals surface area contributed by atoms with Crippen molar-refractivity contribution >= 4 is 28.3 Å². The van der Waals surface area contributed by atoms with Crippen molar-refractivity contribution in [3.63, 3.8) is 0 Å². The molecule has 0 fully saturated rings. The van der Waals surface area contributed by atoms with Crippen LogP contribution in [0.15, 0.2) is 30.1 Å². The Kier molecular flexibility index (Phi) is 4.62. The van der Waals surface area contributed by atoms with Gasteiger partial charge in [0.1, 0.15) is 5.01 Å². The number of thiazole rings is 1. The van der Waals surface area contributed by atoms with Gasteiger partial charge in [0, 0.05) is 12.4 Å². The van der Waals surface area contributed by atoms with E-state index in [2.05, 4.69) is 11.6 Å². The fourth-order valence-corrected chi connectivity index (χ4v) is 2.96. The van der Waals surface area contributed by atoms with E-state index in [1.165, 1.54) is 30.0 Å². The second-order valence-electron chi connectivity index (χ2n) is 4.32. The van der Waals surface area contributed by atoms with Crippen LogP contribution in [0.1, 0.15) is 37.6 Å². The molecule has 2 N–H and O–H groups in total.